The summed E-state index contributed by atoms with van der Waals surface area (Å²) in [5.74, 6) is 14.2. The first kappa shape index (κ1) is 19.9. The number of unbranched alkanes of at least 4 members (excludes halogenated alkanes) is 4. The van der Waals surface area contributed by atoms with Crippen molar-refractivity contribution in [3.05, 3.63) is 71.8 Å². The molecule has 0 saturated heterocycles. The monoisotopic (exact) mass is 342 g/mol. The molecule has 0 saturated carbocycles. The molecule has 26 heavy (non-hydrogen) atoms. The van der Waals surface area contributed by atoms with Crippen LogP contribution >= 0.6 is 0 Å². The Bertz CT molecular complexity index is 667. The fourth-order valence-electron chi connectivity index (χ4n) is 2.93. The van der Waals surface area contributed by atoms with Crippen LogP contribution in [-0.4, -0.2) is 0 Å². The quantitative estimate of drug-likeness (QED) is 0.377. The number of hydrogen-bond donors (Lipinski definition) is 0. The highest BCUT2D eigenvalue weighted by Crippen LogP contribution is 2.32. The highest BCUT2D eigenvalue weighted by atomic mass is 14.2. The molecular weight excluding hydrogens is 312 g/mol. The van der Waals surface area contributed by atoms with Gasteiger partial charge in [0.05, 0.1) is 11.8 Å². The summed E-state index contributed by atoms with van der Waals surface area (Å²) in [5, 5.41) is 0. The molecule has 2 atom stereocenters. The minimum absolute atomic E-state index is 0.115. The van der Waals surface area contributed by atoms with Gasteiger partial charge >= 0.3 is 0 Å². The lowest BCUT2D eigenvalue weighted by Gasteiger charge is -2.19. The van der Waals surface area contributed by atoms with Crippen LogP contribution in [0.5, 0.6) is 0 Å². The van der Waals surface area contributed by atoms with Gasteiger partial charge in [0.25, 0.3) is 0 Å². The van der Waals surface area contributed by atoms with Gasteiger partial charge in [0.1, 0.15) is 0 Å². The van der Waals surface area contributed by atoms with Gasteiger partial charge in [-0.2, -0.15) is 0 Å². The lowest BCUT2D eigenvalue weighted by Crippen LogP contribution is -2.08. The lowest BCUT2D eigenvalue weighted by atomic mass is 9.82. The predicted octanol–water partition coefficient (Wildman–Crippen LogP) is 6.94. The molecular formula is C26H30. The van der Waals surface area contributed by atoms with E-state index in [1.54, 1.807) is 0 Å². The van der Waals surface area contributed by atoms with Gasteiger partial charge in [-0.1, -0.05) is 99.2 Å². The van der Waals surface area contributed by atoms with Crippen molar-refractivity contribution in [3.63, 3.8) is 0 Å². The Kier molecular flexibility index (Phi) is 9.18. The normalized spacial score (nSPS) is 12.2. The van der Waals surface area contributed by atoms with E-state index in [9.17, 15) is 0 Å². The zero-order chi connectivity index (χ0) is 18.5. The Hall–Kier alpha value is -2.44. The molecule has 0 radical (unpaired) electrons. The summed E-state index contributed by atoms with van der Waals surface area (Å²) in [6.45, 7) is 4.42. The molecule has 0 fully saturated rings. The molecule has 2 rings (SSSR count). The fourth-order valence-corrected chi connectivity index (χ4v) is 2.93. The van der Waals surface area contributed by atoms with Crippen molar-refractivity contribution in [3.8, 4) is 23.7 Å². The van der Waals surface area contributed by atoms with E-state index in [-0.39, 0.29) is 11.8 Å². The zero-order valence-corrected chi connectivity index (χ0v) is 16.2. The maximum absolute atomic E-state index is 3.56. The summed E-state index contributed by atoms with van der Waals surface area (Å²) in [4.78, 5) is 0. The third-order valence-corrected chi connectivity index (χ3v) is 4.48. The summed E-state index contributed by atoms with van der Waals surface area (Å²) in [6, 6.07) is 21.3. The van der Waals surface area contributed by atoms with Crippen LogP contribution in [0.25, 0.3) is 0 Å². The first-order chi connectivity index (χ1) is 12.9. The summed E-state index contributed by atoms with van der Waals surface area (Å²) < 4.78 is 0. The molecule has 0 nitrogen and oxygen atoms in total. The van der Waals surface area contributed by atoms with Gasteiger partial charge in [0.2, 0.25) is 0 Å². The Morgan fingerprint density at radius 2 is 1.00 bits per heavy atom. The number of hydrogen-bond acceptors (Lipinski definition) is 0. The van der Waals surface area contributed by atoms with Gasteiger partial charge in [-0.15, -0.1) is 11.8 Å². The van der Waals surface area contributed by atoms with E-state index >= 15 is 0 Å². The van der Waals surface area contributed by atoms with Crippen molar-refractivity contribution < 1.29 is 0 Å². The van der Waals surface area contributed by atoms with Crippen LogP contribution in [0.2, 0.25) is 0 Å². The standard InChI is InChI=1S/C26H30/c1-3-5-7-15-21-25(23-17-11-9-12-18-23)26(22-16-8-6-4-2)24-19-13-10-14-20-24/h9-14,17-20,25-26H,3-8H2,1-2H3. The maximum Gasteiger partial charge on any atom is 0.0630 e. The summed E-state index contributed by atoms with van der Waals surface area (Å²) in [7, 11) is 0. The molecule has 0 amide bonds. The molecule has 0 aliphatic rings. The van der Waals surface area contributed by atoms with Crippen LogP contribution in [0.15, 0.2) is 60.7 Å². The van der Waals surface area contributed by atoms with Crippen molar-refractivity contribution in [2.24, 2.45) is 0 Å². The van der Waals surface area contributed by atoms with Gasteiger partial charge in [-0.05, 0) is 24.0 Å². The Morgan fingerprint density at radius 1 is 0.615 bits per heavy atom. The van der Waals surface area contributed by atoms with E-state index < -0.39 is 0 Å². The summed E-state index contributed by atoms with van der Waals surface area (Å²) >= 11 is 0. The Labute approximate surface area is 160 Å². The number of benzene rings is 2. The highest BCUT2D eigenvalue weighted by molar-refractivity contribution is 5.40. The molecule has 2 aromatic carbocycles. The van der Waals surface area contributed by atoms with E-state index in [1.165, 1.54) is 24.0 Å². The van der Waals surface area contributed by atoms with Crippen molar-refractivity contribution in [1.29, 1.82) is 0 Å². The van der Waals surface area contributed by atoms with E-state index in [0.717, 1.165) is 25.7 Å². The second kappa shape index (κ2) is 12.0. The molecule has 0 spiro atoms. The minimum Gasteiger partial charge on any atom is -0.103 e. The van der Waals surface area contributed by atoms with Crippen molar-refractivity contribution in [1.82, 2.24) is 0 Å². The minimum atomic E-state index is 0.115. The molecule has 2 aromatic rings. The third-order valence-electron chi connectivity index (χ3n) is 4.48. The smallest absolute Gasteiger partial charge is 0.0630 e. The van der Waals surface area contributed by atoms with Gasteiger partial charge in [-0.3, -0.25) is 0 Å². The average Bonchev–Trinajstić information content (AvgIpc) is 2.70. The molecule has 0 aliphatic carbocycles. The fraction of sp³-hybridized carbons (Fsp3) is 0.385. The van der Waals surface area contributed by atoms with Crippen molar-refractivity contribution in [2.75, 3.05) is 0 Å². The Morgan fingerprint density at radius 3 is 1.35 bits per heavy atom. The molecule has 0 N–H and O–H groups in total. The lowest BCUT2D eigenvalue weighted by molar-refractivity contribution is 0.771. The second-order valence-corrected chi connectivity index (χ2v) is 6.63. The highest BCUT2D eigenvalue weighted by Gasteiger charge is 2.21. The van der Waals surface area contributed by atoms with Crippen LogP contribution in [0.4, 0.5) is 0 Å². The van der Waals surface area contributed by atoms with Gasteiger partial charge in [0.15, 0.2) is 0 Å². The molecule has 134 valence electrons. The first-order valence-corrected chi connectivity index (χ1v) is 9.93. The molecule has 0 aliphatic heterocycles. The van der Waals surface area contributed by atoms with E-state index in [2.05, 4.69) is 98.2 Å². The van der Waals surface area contributed by atoms with Gasteiger partial charge < -0.3 is 0 Å². The predicted molar refractivity (Wildman–Crippen MR) is 113 cm³/mol. The molecule has 0 heteroatoms. The largest absolute Gasteiger partial charge is 0.103 e. The molecule has 0 heterocycles. The first-order valence-electron chi connectivity index (χ1n) is 9.93. The van der Waals surface area contributed by atoms with E-state index in [4.69, 9.17) is 0 Å². The van der Waals surface area contributed by atoms with Crippen molar-refractivity contribution >= 4 is 0 Å². The topological polar surface area (TPSA) is 0 Å². The molecule has 0 aromatic heterocycles. The van der Waals surface area contributed by atoms with Gasteiger partial charge in [-0.25, -0.2) is 0 Å². The Balaban J connectivity index is 2.38. The maximum atomic E-state index is 3.56. The van der Waals surface area contributed by atoms with Crippen molar-refractivity contribution in [2.45, 2.75) is 64.2 Å². The average molecular weight is 343 g/mol. The van der Waals surface area contributed by atoms with Crippen LogP contribution in [0, 0.1) is 23.7 Å². The second-order valence-electron chi connectivity index (χ2n) is 6.63. The zero-order valence-electron chi connectivity index (χ0n) is 16.2. The molecule has 2 unspecified atom stereocenters. The van der Waals surface area contributed by atoms with Crippen LogP contribution in [0.1, 0.15) is 75.3 Å². The van der Waals surface area contributed by atoms with Gasteiger partial charge in [0, 0.05) is 12.8 Å². The molecule has 0 bridgehead atoms. The van der Waals surface area contributed by atoms with E-state index in [0.29, 0.717) is 0 Å². The van der Waals surface area contributed by atoms with Crippen LogP contribution in [0.3, 0.4) is 0 Å². The summed E-state index contributed by atoms with van der Waals surface area (Å²) in [6.07, 6.45) is 6.61. The summed E-state index contributed by atoms with van der Waals surface area (Å²) in [5.41, 5.74) is 2.52. The van der Waals surface area contributed by atoms with Crippen LogP contribution in [-0.2, 0) is 0 Å². The third kappa shape index (κ3) is 6.46. The SMILES string of the molecule is CCCCC#CC(c1ccccc1)C(C#CCCCC)c1ccccc1. The number of rotatable bonds is 7. The van der Waals surface area contributed by atoms with E-state index in [1.807, 2.05) is 0 Å². The van der Waals surface area contributed by atoms with Crippen LogP contribution < -0.4 is 0 Å².